The average Bonchev–Trinajstić information content (AvgIpc) is 2.89. The third-order valence-electron chi connectivity index (χ3n) is 5.12. The largest absolute Gasteiger partial charge is 0.338 e. The topological polar surface area (TPSA) is 17.8 Å². The minimum absolute atomic E-state index is 0.765. The maximum Gasteiger partial charge on any atom is 0.0945 e. The smallest absolute Gasteiger partial charge is 0.0945 e. The Hall–Kier alpha value is -2.58. The van der Waals surface area contributed by atoms with Gasteiger partial charge in [0.2, 0.25) is 0 Å². The molecule has 4 rings (SSSR count). The predicted octanol–water partition coefficient (Wildman–Crippen LogP) is 6.33. The molecule has 0 amide bonds. The molecule has 3 heteroatoms. The highest BCUT2D eigenvalue weighted by Gasteiger charge is 2.16. The van der Waals surface area contributed by atoms with Crippen molar-refractivity contribution in [2.45, 2.75) is 27.3 Å². The van der Waals surface area contributed by atoms with Crippen molar-refractivity contribution in [3.63, 3.8) is 0 Å². The first-order valence-electron chi connectivity index (χ1n) is 8.80. The van der Waals surface area contributed by atoms with Crippen LogP contribution in [0.25, 0.3) is 22.2 Å². The quantitative estimate of drug-likeness (QED) is 0.417. The summed E-state index contributed by atoms with van der Waals surface area (Å²) in [7, 11) is 0. The van der Waals surface area contributed by atoms with Crippen LogP contribution in [-0.2, 0) is 6.54 Å². The van der Waals surface area contributed by atoms with Gasteiger partial charge in [0.05, 0.1) is 11.2 Å². The number of fused-ring (bicyclic) bond motifs is 1. The lowest BCUT2D eigenvalue weighted by molar-refractivity contribution is 0.800. The van der Waals surface area contributed by atoms with Crippen molar-refractivity contribution < 1.29 is 0 Å². The van der Waals surface area contributed by atoms with E-state index in [0.717, 1.165) is 22.8 Å². The van der Waals surface area contributed by atoms with Gasteiger partial charge in [-0.05, 0) is 50.1 Å². The molecular weight excluding hydrogens is 340 g/mol. The van der Waals surface area contributed by atoms with Gasteiger partial charge in [0.15, 0.2) is 0 Å². The Morgan fingerprint density at radius 2 is 1.58 bits per heavy atom. The monoisotopic (exact) mass is 360 g/mol. The molecule has 0 aliphatic rings. The average molecular weight is 361 g/mol. The van der Waals surface area contributed by atoms with Gasteiger partial charge in [-0.1, -0.05) is 53.6 Å². The summed E-state index contributed by atoms with van der Waals surface area (Å²) in [5.41, 5.74) is 8.45. The van der Waals surface area contributed by atoms with Crippen molar-refractivity contribution in [1.82, 2.24) is 9.55 Å². The fraction of sp³-hybridized carbons (Fsp3) is 0.174. The Kier molecular flexibility index (Phi) is 4.29. The number of aryl methyl sites for hydroxylation is 2. The highest BCUT2D eigenvalue weighted by molar-refractivity contribution is 6.30. The molecule has 0 fully saturated rings. The first kappa shape index (κ1) is 16.9. The van der Waals surface area contributed by atoms with Gasteiger partial charge in [-0.15, -0.1) is 0 Å². The number of pyridine rings is 1. The van der Waals surface area contributed by atoms with Gasteiger partial charge in [-0.25, -0.2) is 0 Å². The van der Waals surface area contributed by atoms with Crippen molar-refractivity contribution in [2.75, 3.05) is 0 Å². The zero-order valence-electron chi connectivity index (χ0n) is 15.3. The molecule has 26 heavy (non-hydrogen) atoms. The van der Waals surface area contributed by atoms with Crippen LogP contribution in [0.15, 0.2) is 60.8 Å². The minimum atomic E-state index is 0.765. The Morgan fingerprint density at radius 1 is 0.885 bits per heavy atom. The Morgan fingerprint density at radius 3 is 2.27 bits per heavy atom. The number of halogens is 1. The van der Waals surface area contributed by atoms with Gasteiger partial charge in [0, 0.05) is 34.4 Å². The summed E-state index contributed by atoms with van der Waals surface area (Å²) < 4.78 is 2.37. The summed E-state index contributed by atoms with van der Waals surface area (Å²) in [6.45, 7) is 7.28. The van der Waals surface area contributed by atoms with Gasteiger partial charge in [-0.2, -0.15) is 0 Å². The molecule has 2 aromatic carbocycles. The third-order valence-corrected chi connectivity index (χ3v) is 5.38. The summed E-state index contributed by atoms with van der Waals surface area (Å²) >= 11 is 6.05. The van der Waals surface area contributed by atoms with Crippen LogP contribution >= 0.6 is 11.6 Å². The summed E-state index contributed by atoms with van der Waals surface area (Å²) in [4.78, 5) is 4.74. The van der Waals surface area contributed by atoms with Crippen molar-refractivity contribution >= 4 is 22.5 Å². The fourth-order valence-electron chi connectivity index (χ4n) is 3.49. The fourth-order valence-corrected chi connectivity index (χ4v) is 3.61. The molecule has 0 aliphatic carbocycles. The van der Waals surface area contributed by atoms with Gasteiger partial charge >= 0.3 is 0 Å². The van der Waals surface area contributed by atoms with E-state index in [1.807, 2.05) is 18.3 Å². The normalized spacial score (nSPS) is 11.2. The van der Waals surface area contributed by atoms with E-state index in [1.165, 1.54) is 33.3 Å². The summed E-state index contributed by atoms with van der Waals surface area (Å²) in [5, 5.41) is 2.03. The standard InChI is InChI=1S/C23H21ClN2/c1-15-4-8-19(9-5-15)22-23-21(12-13-25-22)16(2)17(3)26(23)14-18-6-10-20(24)11-7-18/h4-13H,14H2,1-3H3. The molecule has 2 aromatic heterocycles. The van der Waals surface area contributed by atoms with Crippen LogP contribution in [-0.4, -0.2) is 9.55 Å². The van der Waals surface area contributed by atoms with E-state index in [4.69, 9.17) is 16.6 Å². The molecule has 0 unspecified atom stereocenters. The second kappa shape index (κ2) is 6.62. The number of benzene rings is 2. The Balaban J connectivity index is 1.93. The van der Waals surface area contributed by atoms with Crippen LogP contribution in [0.5, 0.6) is 0 Å². The Bertz CT molecular complexity index is 1070. The second-order valence-electron chi connectivity index (χ2n) is 6.84. The number of nitrogens with zero attached hydrogens (tertiary/aromatic N) is 2. The van der Waals surface area contributed by atoms with Crippen LogP contribution in [0, 0.1) is 20.8 Å². The number of aromatic nitrogens is 2. The number of hydrogen-bond acceptors (Lipinski definition) is 1. The van der Waals surface area contributed by atoms with Crippen molar-refractivity contribution in [1.29, 1.82) is 0 Å². The van der Waals surface area contributed by atoms with E-state index in [-0.39, 0.29) is 0 Å². The van der Waals surface area contributed by atoms with Crippen LogP contribution < -0.4 is 0 Å². The van der Waals surface area contributed by atoms with E-state index in [1.54, 1.807) is 0 Å². The van der Waals surface area contributed by atoms with Gasteiger partial charge in [0.25, 0.3) is 0 Å². The minimum Gasteiger partial charge on any atom is -0.338 e. The zero-order valence-corrected chi connectivity index (χ0v) is 16.0. The molecule has 0 atom stereocenters. The highest BCUT2D eigenvalue weighted by Crippen LogP contribution is 2.33. The van der Waals surface area contributed by atoms with E-state index >= 15 is 0 Å². The molecule has 130 valence electrons. The molecule has 0 bridgehead atoms. The Labute approximate surface area is 159 Å². The SMILES string of the molecule is Cc1ccc(-c2nccc3c(C)c(C)n(Cc4ccc(Cl)cc4)c23)cc1. The van der Waals surface area contributed by atoms with E-state index in [2.05, 4.69) is 67.8 Å². The van der Waals surface area contributed by atoms with Crippen LogP contribution in [0.4, 0.5) is 0 Å². The predicted molar refractivity (Wildman–Crippen MR) is 110 cm³/mol. The lowest BCUT2D eigenvalue weighted by Crippen LogP contribution is -2.03. The summed E-state index contributed by atoms with van der Waals surface area (Å²) in [6, 6.07) is 18.8. The second-order valence-corrected chi connectivity index (χ2v) is 7.28. The molecule has 0 aliphatic heterocycles. The van der Waals surface area contributed by atoms with Crippen LogP contribution in [0.1, 0.15) is 22.4 Å². The maximum absolute atomic E-state index is 6.05. The molecule has 4 aromatic rings. The van der Waals surface area contributed by atoms with Crippen LogP contribution in [0.2, 0.25) is 5.02 Å². The molecule has 0 N–H and O–H groups in total. The zero-order chi connectivity index (χ0) is 18.3. The van der Waals surface area contributed by atoms with Crippen molar-refractivity contribution in [3.8, 4) is 11.3 Å². The highest BCUT2D eigenvalue weighted by atomic mass is 35.5. The van der Waals surface area contributed by atoms with E-state index in [9.17, 15) is 0 Å². The van der Waals surface area contributed by atoms with Gasteiger partial charge in [0.1, 0.15) is 0 Å². The summed E-state index contributed by atoms with van der Waals surface area (Å²) in [5.74, 6) is 0. The van der Waals surface area contributed by atoms with Gasteiger partial charge in [-0.3, -0.25) is 4.98 Å². The summed E-state index contributed by atoms with van der Waals surface area (Å²) in [6.07, 6.45) is 1.91. The molecule has 2 nitrogen and oxygen atoms in total. The maximum atomic E-state index is 6.05. The molecule has 0 saturated carbocycles. The lowest BCUT2D eigenvalue weighted by Gasteiger charge is -2.12. The lowest BCUT2D eigenvalue weighted by atomic mass is 10.1. The molecule has 0 radical (unpaired) electrons. The van der Waals surface area contributed by atoms with Crippen molar-refractivity contribution in [3.05, 3.63) is 88.2 Å². The number of hydrogen-bond donors (Lipinski definition) is 0. The molecule has 0 spiro atoms. The first-order chi connectivity index (χ1) is 12.5. The van der Waals surface area contributed by atoms with E-state index in [0.29, 0.717) is 0 Å². The number of rotatable bonds is 3. The first-order valence-corrected chi connectivity index (χ1v) is 9.18. The van der Waals surface area contributed by atoms with E-state index < -0.39 is 0 Å². The van der Waals surface area contributed by atoms with Gasteiger partial charge < -0.3 is 4.57 Å². The third kappa shape index (κ3) is 2.91. The molecule has 0 saturated heterocycles. The van der Waals surface area contributed by atoms with Crippen molar-refractivity contribution in [2.24, 2.45) is 0 Å². The van der Waals surface area contributed by atoms with Crippen LogP contribution in [0.3, 0.4) is 0 Å². The molecule has 2 heterocycles. The molecular formula is C23H21ClN2.